The number of benzene rings is 2. The van der Waals surface area contributed by atoms with E-state index in [1.165, 1.54) is 25.1 Å². The third-order valence-corrected chi connectivity index (χ3v) is 5.84. The van der Waals surface area contributed by atoms with Gasteiger partial charge in [0, 0.05) is 12.1 Å². The summed E-state index contributed by atoms with van der Waals surface area (Å²) in [5.74, 6) is 0.170. The number of non-ortho nitro benzene ring substituents is 1. The molecule has 9 nitrogen and oxygen atoms in total. The molecule has 162 valence electrons. The molecule has 2 aromatic rings. The molecule has 1 N–H and O–H groups in total. The van der Waals surface area contributed by atoms with Crippen LogP contribution in [0.3, 0.4) is 0 Å². The van der Waals surface area contributed by atoms with Crippen LogP contribution in [0.15, 0.2) is 42.5 Å². The molecule has 30 heavy (non-hydrogen) atoms. The normalized spacial score (nSPS) is 12.1. The number of nitrogens with one attached hydrogen (secondary N) is 1. The van der Waals surface area contributed by atoms with Crippen LogP contribution in [0.5, 0.6) is 5.75 Å². The number of nitro benzene ring substituents is 1. The van der Waals surface area contributed by atoms with Crippen molar-refractivity contribution >= 4 is 27.3 Å². The lowest BCUT2D eigenvalue weighted by atomic mass is 10.1. The van der Waals surface area contributed by atoms with Crippen molar-refractivity contribution in [2.24, 2.45) is 0 Å². The molecule has 10 heteroatoms. The molecule has 0 saturated carbocycles. The number of hydrogen-bond acceptors (Lipinski definition) is 6. The van der Waals surface area contributed by atoms with Crippen LogP contribution < -0.4 is 14.4 Å². The van der Waals surface area contributed by atoms with Crippen molar-refractivity contribution in [1.29, 1.82) is 0 Å². The predicted octanol–water partition coefficient (Wildman–Crippen LogP) is 2.56. The average Bonchev–Trinajstić information content (AvgIpc) is 2.67. The highest BCUT2D eigenvalue weighted by Crippen LogP contribution is 2.25. The smallest absolute Gasteiger partial charge is 0.271 e. The van der Waals surface area contributed by atoms with Crippen molar-refractivity contribution in [3.63, 3.8) is 0 Å². The Hall–Kier alpha value is -3.14. The van der Waals surface area contributed by atoms with Crippen LogP contribution in [0.4, 0.5) is 11.4 Å². The van der Waals surface area contributed by atoms with Gasteiger partial charge in [0.15, 0.2) is 0 Å². The summed E-state index contributed by atoms with van der Waals surface area (Å²) < 4.78 is 31.1. The van der Waals surface area contributed by atoms with E-state index in [2.05, 4.69) is 5.32 Å². The number of anilines is 1. The van der Waals surface area contributed by atoms with E-state index in [0.29, 0.717) is 5.75 Å². The maximum absolute atomic E-state index is 12.5. The van der Waals surface area contributed by atoms with Crippen molar-refractivity contribution in [2.75, 3.05) is 23.7 Å². The van der Waals surface area contributed by atoms with Gasteiger partial charge in [-0.05, 0) is 44.0 Å². The largest absolute Gasteiger partial charge is 0.491 e. The van der Waals surface area contributed by atoms with Crippen molar-refractivity contribution in [3.05, 3.63) is 63.7 Å². The summed E-state index contributed by atoms with van der Waals surface area (Å²) in [5, 5.41) is 13.7. The Morgan fingerprint density at radius 1 is 1.23 bits per heavy atom. The molecule has 2 rings (SSSR count). The fraction of sp³-hybridized carbons (Fsp3) is 0.350. The van der Waals surface area contributed by atoms with Crippen molar-refractivity contribution in [3.8, 4) is 5.75 Å². The number of ether oxygens (including phenoxy) is 1. The summed E-state index contributed by atoms with van der Waals surface area (Å²) in [6.45, 7) is 5.70. The van der Waals surface area contributed by atoms with Gasteiger partial charge in [0.25, 0.3) is 5.69 Å². The molecule has 2 aromatic carbocycles. The molecule has 0 spiro atoms. The number of hydrogen-bond donors (Lipinski definition) is 1. The van der Waals surface area contributed by atoms with Gasteiger partial charge >= 0.3 is 0 Å². The zero-order valence-electron chi connectivity index (χ0n) is 17.3. The number of rotatable bonds is 9. The van der Waals surface area contributed by atoms with E-state index < -0.39 is 26.9 Å². The number of nitrogens with zero attached hydrogens (tertiary/aromatic N) is 2. The van der Waals surface area contributed by atoms with Gasteiger partial charge in [-0.1, -0.05) is 18.2 Å². The Morgan fingerprint density at radius 3 is 2.53 bits per heavy atom. The lowest BCUT2D eigenvalue weighted by Crippen LogP contribution is -2.48. The quantitative estimate of drug-likeness (QED) is 0.367. The first kappa shape index (κ1) is 23.1. The summed E-state index contributed by atoms with van der Waals surface area (Å²) in [7, 11) is -3.87. The van der Waals surface area contributed by atoms with Crippen LogP contribution in [0.25, 0.3) is 0 Å². The molecule has 0 aliphatic carbocycles. The minimum Gasteiger partial charge on any atom is -0.491 e. The van der Waals surface area contributed by atoms with Crippen LogP contribution in [-0.4, -0.2) is 44.7 Å². The van der Waals surface area contributed by atoms with E-state index in [9.17, 15) is 23.3 Å². The number of amides is 1. The molecule has 0 saturated heterocycles. The lowest BCUT2D eigenvalue weighted by Gasteiger charge is -2.28. The molecule has 0 bridgehead atoms. The number of carbonyl (C=O) groups excluding carboxylic acids is 1. The van der Waals surface area contributed by atoms with Gasteiger partial charge < -0.3 is 10.1 Å². The SMILES string of the molecule is Cc1cccc(OCCNC(=O)C(C)N(c2cccc([N+](=O)[O-])c2)S(C)(=O)=O)c1C. The Morgan fingerprint density at radius 2 is 1.90 bits per heavy atom. The first-order valence-electron chi connectivity index (χ1n) is 9.23. The molecule has 1 atom stereocenters. The highest BCUT2D eigenvalue weighted by Gasteiger charge is 2.29. The van der Waals surface area contributed by atoms with E-state index in [1.54, 1.807) is 0 Å². The average molecular weight is 436 g/mol. The highest BCUT2D eigenvalue weighted by atomic mass is 32.2. The molecule has 0 aliphatic rings. The molecule has 0 aromatic heterocycles. The first-order chi connectivity index (χ1) is 14.0. The van der Waals surface area contributed by atoms with Gasteiger partial charge in [0.2, 0.25) is 15.9 Å². The van der Waals surface area contributed by atoms with Crippen molar-refractivity contribution in [2.45, 2.75) is 26.8 Å². The fourth-order valence-electron chi connectivity index (χ4n) is 2.92. The molecule has 0 fully saturated rings. The number of carbonyl (C=O) groups is 1. The molecular weight excluding hydrogens is 410 g/mol. The standard InChI is InChI=1S/C20H25N3O6S/c1-14-7-5-10-19(15(14)2)29-12-11-21-20(24)16(3)22(30(4,27)28)17-8-6-9-18(13-17)23(25)26/h5-10,13,16H,11-12H2,1-4H3,(H,21,24). The summed E-state index contributed by atoms with van der Waals surface area (Å²) in [6.07, 6.45) is 0.944. The minimum atomic E-state index is -3.87. The Bertz CT molecular complexity index is 1040. The molecule has 1 unspecified atom stereocenters. The van der Waals surface area contributed by atoms with E-state index in [0.717, 1.165) is 27.8 Å². The third-order valence-electron chi connectivity index (χ3n) is 4.60. The maximum Gasteiger partial charge on any atom is 0.271 e. The topological polar surface area (TPSA) is 119 Å². The second kappa shape index (κ2) is 9.57. The molecule has 0 heterocycles. The summed E-state index contributed by atoms with van der Waals surface area (Å²) in [5.41, 5.74) is 1.87. The number of aryl methyl sites for hydroxylation is 1. The summed E-state index contributed by atoms with van der Waals surface area (Å²) >= 11 is 0. The Balaban J connectivity index is 2.06. The van der Waals surface area contributed by atoms with E-state index in [1.807, 2.05) is 32.0 Å². The third kappa shape index (κ3) is 5.69. The zero-order chi connectivity index (χ0) is 22.5. The van der Waals surface area contributed by atoms with E-state index in [4.69, 9.17) is 4.74 Å². The van der Waals surface area contributed by atoms with Gasteiger partial charge in [-0.25, -0.2) is 8.42 Å². The second-order valence-electron chi connectivity index (χ2n) is 6.85. The van der Waals surface area contributed by atoms with Gasteiger partial charge in [0.1, 0.15) is 18.4 Å². The van der Waals surface area contributed by atoms with Gasteiger partial charge in [-0.2, -0.15) is 0 Å². The van der Waals surface area contributed by atoms with Gasteiger partial charge in [0.05, 0.1) is 23.4 Å². The van der Waals surface area contributed by atoms with Crippen molar-refractivity contribution < 1.29 is 22.9 Å². The number of nitro groups is 1. The van der Waals surface area contributed by atoms with Crippen molar-refractivity contribution in [1.82, 2.24) is 5.32 Å². The number of sulfonamides is 1. The minimum absolute atomic E-state index is 0.0426. The Kier molecular flexibility index (Phi) is 7.38. The molecule has 0 radical (unpaired) electrons. The zero-order valence-corrected chi connectivity index (χ0v) is 18.1. The van der Waals surface area contributed by atoms with Crippen LogP contribution in [-0.2, 0) is 14.8 Å². The maximum atomic E-state index is 12.5. The fourth-order valence-corrected chi connectivity index (χ4v) is 4.08. The van der Waals surface area contributed by atoms with Gasteiger partial charge in [-0.15, -0.1) is 0 Å². The van der Waals surface area contributed by atoms with E-state index in [-0.39, 0.29) is 24.5 Å². The molecule has 0 aliphatic heterocycles. The van der Waals surface area contributed by atoms with Crippen LogP contribution >= 0.6 is 0 Å². The molecule has 1 amide bonds. The summed E-state index contributed by atoms with van der Waals surface area (Å²) in [4.78, 5) is 22.9. The highest BCUT2D eigenvalue weighted by molar-refractivity contribution is 7.92. The van der Waals surface area contributed by atoms with Gasteiger partial charge in [-0.3, -0.25) is 19.2 Å². The predicted molar refractivity (Wildman–Crippen MR) is 114 cm³/mol. The summed E-state index contributed by atoms with van der Waals surface area (Å²) in [6, 6.07) is 9.72. The first-order valence-corrected chi connectivity index (χ1v) is 11.1. The van der Waals surface area contributed by atoms with E-state index >= 15 is 0 Å². The van der Waals surface area contributed by atoms with Crippen LogP contribution in [0, 0.1) is 24.0 Å². The second-order valence-corrected chi connectivity index (χ2v) is 8.71. The Labute approximate surface area is 175 Å². The monoisotopic (exact) mass is 435 g/mol. The lowest BCUT2D eigenvalue weighted by molar-refractivity contribution is -0.384. The van der Waals surface area contributed by atoms with Crippen LogP contribution in [0.2, 0.25) is 0 Å². The van der Waals surface area contributed by atoms with Crippen LogP contribution in [0.1, 0.15) is 18.1 Å². The molecular formula is C20H25N3O6S.